The molecule has 6 heteroatoms. The van der Waals surface area contributed by atoms with Crippen molar-refractivity contribution in [3.05, 3.63) is 30.1 Å². The van der Waals surface area contributed by atoms with Crippen LogP contribution in [0.15, 0.2) is 29.4 Å². The highest BCUT2D eigenvalue weighted by Gasteiger charge is 2.17. The van der Waals surface area contributed by atoms with Gasteiger partial charge in [0.25, 0.3) is 0 Å². The maximum atomic E-state index is 12.4. The Morgan fingerprint density at radius 2 is 2.05 bits per heavy atom. The molecule has 0 radical (unpaired) electrons. The van der Waals surface area contributed by atoms with Crippen molar-refractivity contribution in [2.24, 2.45) is 0 Å². The molecule has 0 N–H and O–H groups in total. The molecule has 0 atom stereocenters. The van der Waals surface area contributed by atoms with Gasteiger partial charge in [0, 0.05) is 18.6 Å². The van der Waals surface area contributed by atoms with Crippen LogP contribution in [0.2, 0.25) is 0 Å². The van der Waals surface area contributed by atoms with Gasteiger partial charge in [0.15, 0.2) is 11.0 Å². The van der Waals surface area contributed by atoms with Gasteiger partial charge in [0.1, 0.15) is 0 Å². The van der Waals surface area contributed by atoms with E-state index in [-0.39, 0.29) is 5.88 Å². The van der Waals surface area contributed by atoms with Crippen molar-refractivity contribution in [3.63, 3.8) is 0 Å². The van der Waals surface area contributed by atoms with E-state index in [4.69, 9.17) is 0 Å². The maximum absolute atomic E-state index is 12.4. The van der Waals surface area contributed by atoms with Crippen LogP contribution >= 0.6 is 11.8 Å². The number of rotatable bonds is 4. The molecule has 0 unspecified atom stereocenters. The van der Waals surface area contributed by atoms with E-state index >= 15 is 0 Å². The van der Waals surface area contributed by atoms with Gasteiger partial charge in [-0.1, -0.05) is 46.9 Å². The van der Waals surface area contributed by atoms with E-state index in [2.05, 4.69) is 22.0 Å². The van der Waals surface area contributed by atoms with E-state index < -0.39 is 0 Å². The lowest BCUT2D eigenvalue weighted by Crippen LogP contribution is -2.34. The first-order chi connectivity index (χ1) is 10.2. The van der Waals surface area contributed by atoms with E-state index in [1.165, 1.54) is 11.8 Å². The molecular formula is C15H16N4OS. The van der Waals surface area contributed by atoms with Gasteiger partial charge in [0.05, 0.1) is 5.39 Å². The molecule has 3 aromatic rings. The van der Waals surface area contributed by atoms with Gasteiger partial charge < -0.3 is 5.11 Å². The molecule has 2 aromatic heterocycles. The Bertz CT molecular complexity index is 806. The minimum atomic E-state index is -0.245. The summed E-state index contributed by atoms with van der Waals surface area (Å²) in [5, 5.41) is 18.2. The summed E-state index contributed by atoms with van der Waals surface area (Å²) in [6.45, 7) is 3.99. The molecule has 0 fully saturated rings. The lowest BCUT2D eigenvalue weighted by molar-refractivity contribution is -0.598. The van der Waals surface area contributed by atoms with Crippen molar-refractivity contribution in [2.75, 3.05) is 5.75 Å². The van der Waals surface area contributed by atoms with Gasteiger partial charge in [0.2, 0.25) is 5.16 Å². The van der Waals surface area contributed by atoms with E-state index in [0.717, 1.165) is 29.5 Å². The fourth-order valence-corrected chi connectivity index (χ4v) is 3.12. The Balaban J connectivity index is 2.19. The summed E-state index contributed by atoms with van der Waals surface area (Å²) in [5.41, 5.74) is 1.29. The van der Waals surface area contributed by atoms with Gasteiger partial charge in [-0.25, -0.2) is 4.98 Å². The standard InChI is InChI=1S/C15H16N4OS/c1-3-4-9-21-15-17-14(20)13-11-7-5-6-8-12(11)16-10(2)19(13)18-15/h5-8H,3-4,9H2,1-2H3. The summed E-state index contributed by atoms with van der Waals surface area (Å²) in [7, 11) is 0. The third kappa shape index (κ3) is 2.63. The highest BCUT2D eigenvalue weighted by molar-refractivity contribution is 7.99. The van der Waals surface area contributed by atoms with Crippen LogP contribution in [0, 0.1) is 6.92 Å². The Morgan fingerprint density at radius 1 is 1.24 bits per heavy atom. The molecule has 2 heterocycles. The van der Waals surface area contributed by atoms with Crippen LogP contribution in [0.4, 0.5) is 0 Å². The Hall–Kier alpha value is -1.95. The van der Waals surface area contributed by atoms with Crippen molar-refractivity contribution >= 4 is 28.2 Å². The van der Waals surface area contributed by atoms with Crippen LogP contribution in [-0.4, -0.2) is 20.8 Å². The summed E-state index contributed by atoms with van der Waals surface area (Å²) >= 11 is 1.52. The van der Waals surface area contributed by atoms with Crippen molar-refractivity contribution in [2.45, 2.75) is 31.8 Å². The zero-order valence-corrected chi connectivity index (χ0v) is 12.9. The lowest BCUT2D eigenvalue weighted by Gasteiger charge is -2.09. The SMILES string of the molecule is CCCCSc1nc([O-])c2c3ccccc3nc(C)[n+]2n1. The molecule has 1 aromatic carbocycles. The van der Waals surface area contributed by atoms with Crippen molar-refractivity contribution in [1.29, 1.82) is 0 Å². The number of benzene rings is 1. The molecule has 0 aliphatic carbocycles. The predicted octanol–water partition coefficient (Wildman–Crippen LogP) is 2.04. The Morgan fingerprint density at radius 3 is 2.86 bits per heavy atom. The predicted molar refractivity (Wildman–Crippen MR) is 80.3 cm³/mol. The van der Waals surface area contributed by atoms with Crippen LogP contribution in [0.25, 0.3) is 16.4 Å². The van der Waals surface area contributed by atoms with Crippen LogP contribution in [0.5, 0.6) is 5.88 Å². The largest absolute Gasteiger partial charge is 0.856 e. The fourth-order valence-electron chi connectivity index (χ4n) is 2.21. The number of para-hydroxylation sites is 1. The summed E-state index contributed by atoms with van der Waals surface area (Å²) in [6.07, 6.45) is 2.20. The minimum Gasteiger partial charge on any atom is -0.856 e. The van der Waals surface area contributed by atoms with Crippen molar-refractivity contribution < 1.29 is 9.62 Å². The zero-order chi connectivity index (χ0) is 14.8. The van der Waals surface area contributed by atoms with Crippen LogP contribution in [0.1, 0.15) is 25.6 Å². The molecule has 108 valence electrons. The van der Waals surface area contributed by atoms with Gasteiger partial charge in [-0.05, 0) is 23.5 Å². The molecule has 0 saturated carbocycles. The summed E-state index contributed by atoms with van der Waals surface area (Å²) in [5.74, 6) is 1.37. The van der Waals surface area contributed by atoms with Crippen molar-refractivity contribution in [1.82, 2.24) is 15.1 Å². The topological polar surface area (TPSA) is 65.8 Å². The molecule has 5 nitrogen and oxygen atoms in total. The molecule has 0 aliphatic heterocycles. The quantitative estimate of drug-likeness (QED) is 0.319. The minimum absolute atomic E-state index is 0.245. The number of unbranched alkanes of at least 4 members (excludes halogenated alkanes) is 1. The van der Waals surface area contributed by atoms with Gasteiger partial charge >= 0.3 is 5.82 Å². The third-order valence-corrected chi connectivity index (χ3v) is 4.20. The second-order valence-electron chi connectivity index (χ2n) is 4.84. The van der Waals surface area contributed by atoms with E-state index in [9.17, 15) is 5.11 Å². The van der Waals surface area contributed by atoms with Crippen LogP contribution in [0.3, 0.4) is 0 Å². The first-order valence-corrected chi connectivity index (χ1v) is 7.98. The highest BCUT2D eigenvalue weighted by atomic mass is 32.2. The molecule has 0 amide bonds. The van der Waals surface area contributed by atoms with Gasteiger partial charge in [-0.2, -0.15) is 0 Å². The summed E-state index contributed by atoms with van der Waals surface area (Å²) < 4.78 is 1.62. The van der Waals surface area contributed by atoms with Gasteiger partial charge in [-0.3, -0.25) is 0 Å². The highest BCUT2D eigenvalue weighted by Crippen LogP contribution is 2.22. The normalized spacial score (nSPS) is 11.3. The number of hydrogen-bond donors (Lipinski definition) is 0. The number of aryl methyl sites for hydroxylation is 1. The number of thioether (sulfide) groups is 1. The van der Waals surface area contributed by atoms with E-state index in [1.807, 2.05) is 31.2 Å². The van der Waals surface area contributed by atoms with E-state index in [0.29, 0.717) is 16.5 Å². The summed E-state index contributed by atoms with van der Waals surface area (Å²) in [4.78, 5) is 8.62. The smallest absolute Gasteiger partial charge is 0.321 e. The van der Waals surface area contributed by atoms with Crippen LogP contribution in [-0.2, 0) is 0 Å². The first-order valence-electron chi connectivity index (χ1n) is 7.00. The number of nitrogens with zero attached hydrogens (tertiary/aromatic N) is 4. The molecule has 0 saturated heterocycles. The number of fused-ring (bicyclic) bond motifs is 3. The molecule has 0 aliphatic rings. The van der Waals surface area contributed by atoms with Gasteiger partial charge in [-0.15, -0.1) is 0 Å². The summed E-state index contributed by atoms with van der Waals surface area (Å²) in [6, 6.07) is 7.58. The van der Waals surface area contributed by atoms with Crippen LogP contribution < -0.4 is 9.62 Å². The average Bonchev–Trinajstić information content (AvgIpc) is 2.48. The first kappa shape index (κ1) is 14.0. The molecule has 0 bridgehead atoms. The van der Waals surface area contributed by atoms with Crippen molar-refractivity contribution in [3.8, 4) is 5.88 Å². The maximum Gasteiger partial charge on any atom is 0.321 e. The second-order valence-corrected chi connectivity index (χ2v) is 5.90. The van der Waals surface area contributed by atoms with E-state index in [1.54, 1.807) is 4.52 Å². The number of hydrogen-bond acceptors (Lipinski definition) is 5. The third-order valence-electron chi connectivity index (χ3n) is 3.27. The average molecular weight is 300 g/mol. The molecule has 0 spiro atoms. The molecular weight excluding hydrogens is 284 g/mol. The zero-order valence-electron chi connectivity index (χ0n) is 12.0. The Kier molecular flexibility index (Phi) is 3.88. The molecule has 21 heavy (non-hydrogen) atoms. The fraction of sp³-hybridized carbons (Fsp3) is 0.333. The lowest BCUT2D eigenvalue weighted by atomic mass is 10.2. The molecule has 3 rings (SSSR count). The monoisotopic (exact) mass is 300 g/mol. The second kappa shape index (κ2) is 5.81. The Labute approximate surface area is 127 Å². The number of aromatic nitrogens is 4.